The number of aromatic nitrogens is 3. The molecule has 3 rings (SSSR count). The Bertz CT molecular complexity index is 636. The molecule has 0 unspecified atom stereocenters. The van der Waals surface area contributed by atoms with Gasteiger partial charge in [-0.25, -0.2) is 9.97 Å². The van der Waals surface area contributed by atoms with Gasteiger partial charge in [-0.05, 0) is 26.3 Å². The highest BCUT2D eigenvalue weighted by atomic mass is 32.1. The lowest BCUT2D eigenvalue weighted by atomic mass is 10.1. The van der Waals surface area contributed by atoms with Crippen LogP contribution >= 0.6 is 22.9 Å². The normalized spacial score (nSPS) is 18.5. The molecule has 0 aromatic carbocycles. The Hall–Kier alpha value is -1.05. The number of aryl methyl sites for hydroxylation is 1. The summed E-state index contributed by atoms with van der Waals surface area (Å²) in [5.41, 5.74) is 3.11. The highest BCUT2D eigenvalue weighted by Crippen LogP contribution is 2.27. The zero-order chi connectivity index (χ0) is 16.4. The molecule has 0 bridgehead atoms. The first-order valence-corrected chi connectivity index (χ1v) is 9.84. The van der Waals surface area contributed by atoms with Crippen LogP contribution in [0.25, 0.3) is 0 Å². The summed E-state index contributed by atoms with van der Waals surface area (Å²) < 4.78 is 4.48. The highest BCUT2D eigenvalue weighted by Gasteiger charge is 2.26. The highest BCUT2D eigenvalue weighted by molar-refractivity contribution is 7.10. The molecular formula is C16H25N5S2. The van der Waals surface area contributed by atoms with E-state index >= 15 is 0 Å². The Morgan fingerprint density at radius 3 is 2.91 bits per heavy atom. The summed E-state index contributed by atoms with van der Waals surface area (Å²) in [6, 6.07) is 0. The average Bonchev–Trinajstić information content (AvgIpc) is 3.20. The number of rotatable bonds is 6. The fraction of sp³-hybridized carbons (Fsp3) is 0.688. The van der Waals surface area contributed by atoms with Crippen molar-refractivity contribution >= 4 is 28.0 Å². The second kappa shape index (κ2) is 7.23. The fourth-order valence-corrected chi connectivity index (χ4v) is 4.67. The van der Waals surface area contributed by atoms with Gasteiger partial charge in [0.05, 0.1) is 11.2 Å². The van der Waals surface area contributed by atoms with Crippen LogP contribution in [0.2, 0.25) is 0 Å². The first-order valence-electron chi connectivity index (χ1n) is 8.19. The van der Waals surface area contributed by atoms with Crippen LogP contribution in [0, 0.1) is 12.8 Å². The van der Waals surface area contributed by atoms with Crippen LogP contribution in [-0.2, 0) is 6.54 Å². The minimum absolute atomic E-state index is 0.409. The zero-order valence-corrected chi connectivity index (χ0v) is 16.0. The number of hydrogen-bond donors (Lipinski definition) is 0. The van der Waals surface area contributed by atoms with Crippen LogP contribution in [0.3, 0.4) is 0 Å². The van der Waals surface area contributed by atoms with Crippen LogP contribution in [0.5, 0.6) is 0 Å². The van der Waals surface area contributed by atoms with Crippen molar-refractivity contribution in [1.82, 2.24) is 19.2 Å². The molecule has 2 aromatic heterocycles. The molecule has 3 heterocycles. The van der Waals surface area contributed by atoms with E-state index in [0.29, 0.717) is 11.8 Å². The van der Waals surface area contributed by atoms with Gasteiger partial charge < -0.3 is 9.80 Å². The molecule has 0 saturated carbocycles. The Morgan fingerprint density at radius 1 is 1.43 bits per heavy atom. The van der Waals surface area contributed by atoms with Crippen molar-refractivity contribution in [3.8, 4) is 0 Å². The first kappa shape index (κ1) is 16.8. The van der Waals surface area contributed by atoms with Crippen molar-refractivity contribution in [2.75, 3.05) is 31.6 Å². The predicted molar refractivity (Wildman–Crippen MR) is 97.5 cm³/mol. The monoisotopic (exact) mass is 351 g/mol. The number of hydrogen-bond acceptors (Lipinski definition) is 7. The van der Waals surface area contributed by atoms with Gasteiger partial charge in [-0.3, -0.25) is 0 Å². The largest absolute Gasteiger partial charge is 0.347 e. The van der Waals surface area contributed by atoms with E-state index in [1.165, 1.54) is 17.0 Å². The molecule has 1 atom stereocenters. The van der Waals surface area contributed by atoms with E-state index in [2.05, 4.69) is 47.0 Å². The topological polar surface area (TPSA) is 45.2 Å². The summed E-state index contributed by atoms with van der Waals surface area (Å²) in [6.07, 6.45) is 1.24. The van der Waals surface area contributed by atoms with Crippen LogP contribution in [-0.4, -0.2) is 45.9 Å². The molecule has 1 aliphatic rings. The number of nitrogens with zero attached hydrogens (tertiary/aromatic N) is 5. The molecule has 126 valence electrons. The first-order chi connectivity index (χ1) is 11.0. The SMILES string of the molecule is Cc1ncsc1CN(C)C[C@H]1CCN(c2nc(C(C)C)ns2)C1. The Balaban J connectivity index is 1.52. The average molecular weight is 352 g/mol. The van der Waals surface area contributed by atoms with Gasteiger partial charge in [-0.2, -0.15) is 4.37 Å². The fourth-order valence-electron chi connectivity index (χ4n) is 2.97. The molecular weight excluding hydrogens is 326 g/mol. The smallest absolute Gasteiger partial charge is 0.205 e. The lowest BCUT2D eigenvalue weighted by Gasteiger charge is -2.21. The van der Waals surface area contributed by atoms with Crippen molar-refractivity contribution in [3.63, 3.8) is 0 Å². The molecule has 0 N–H and O–H groups in total. The Morgan fingerprint density at radius 2 is 2.26 bits per heavy atom. The second-order valence-corrected chi connectivity index (χ2v) is 8.42. The van der Waals surface area contributed by atoms with Gasteiger partial charge in [-0.15, -0.1) is 11.3 Å². The van der Waals surface area contributed by atoms with Gasteiger partial charge in [0, 0.05) is 48.5 Å². The lowest BCUT2D eigenvalue weighted by molar-refractivity contribution is 0.281. The standard InChI is InChI=1S/C16H25N5S2/c1-11(2)15-18-16(23-19-15)21-6-5-13(8-21)7-20(4)9-14-12(3)17-10-22-14/h10-11,13H,5-9H2,1-4H3/t13-/m1/s1. The maximum atomic E-state index is 4.69. The number of anilines is 1. The van der Waals surface area contributed by atoms with Gasteiger partial charge in [0.2, 0.25) is 5.13 Å². The van der Waals surface area contributed by atoms with Gasteiger partial charge in [-0.1, -0.05) is 13.8 Å². The number of thiazole rings is 1. The Labute approximate surface area is 146 Å². The van der Waals surface area contributed by atoms with E-state index in [0.717, 1.165) is 37.1 Å². The van der Waals surface area contributed by atoms with Crippen LogP contribution in [0.1, 0.15) is 42.6 Å². The maximum Gasteiger partial charge on any atom is 0.205 e. The summed E-state index contributed by atoms with van der Waals surface area (Å²) in [5, 5.41) is 1.09. The van der Waals surface area contributed by atoms with Gasteiger partial charge in [0.15, 0.2) is 0 Å². The Kier molecular flexibility index (Phi) is 5.28. The van der Waals surface area contributed by atoms with E-state index in [1.807, 2.05) is 5.51 Å². The van der Waals surface area contributed by atoms with Crippen molar-refractivity contribution in [2.45, 2.75) is 39.7 Å². The quantitative estimate of drug-likeness (QED) is 0.798. The zero-order valence-electron chi connectivity index (χ0n) is 14.3. The molecule has 0 aliphatic carbocycles. The molecule has 1 fully saturated rings. The van der Waals surface area contributed by atoms with Crippen LogP contribution in [0.15, 0.2) is 5.51 Å². The second-order valence-electron chi connectivity index (χ2n) is 6.75. The molecule has 5 nitrogen and oxygen atoms in total. The molecule has 23 heavy (non-hydrogen) atoms. The third-order valence-corrected chi connectivity index (χ3v) is 6.04. The van der Waals surface area contributed by atoms with Crippen LogP contribution in [0.4, 0.5) is 5.13 Å². The van der Waals surface area contributed by atoms with E-state index in [1.54, 1.807) is 22.9 Å². The predicted octanol–water partition coefficient (Wildman–Crippen LogP) is 3.38. The summed E-state index contributed by atoms with van der Waals surface area (Å²) in [4.78, 5) is 15.2. The van der Waals surface area contributed by atoms with E-state index in [4.69, 9.17) is 4.98 Å². The van der Waals surface area contributed by atoms with E-state index < -0.39 is 0 Å². The van der Waals surface area contributed by atoms with Gasteiger partial charge >= 0.3 is 0 Å². The van der Waals surface area contributed by atoms with Crippen molar-refractivity contribution in [1.29, 1.82) is 0 Å². The minimum atomic E-state index is 0.409. The molecule has 1 aliphatic heterocycles. The molecule has 1 saturated heterocycles. The van der Waals surface area contributed by atoms with E-state index in [-0.39, 0.29) is 0 Å². The molecule has 2 aromatic rings. The van der Waals surface area contributed by atoms with Crippen LogP contribution < -0.4 is 4.90 Å². The molecule has 0 spiro atoms. The van der Waals surface area contributed by atoms with Gasteiger partial charge in [0.25, 0.3) is 0 Å². The summed E-state index contributed by atoms with van der Waals surface area (Å²) in [7, 11) is 2.21. The summed E-state index contributed by atoms with van der Waals surface area (Å²) >= 11 is 3.31. The maximum absolute atomic E-state index is 4.69. The summed E-state index contributed by atoms with van der Waals surface area (Å²) in [5.74, 6) is 2.10. The van der Waals surface area contributed by atoms with Crippen molar-refractivity contribution in [3.05, 3.63) is 21.9 Å². The molecule has 0 radical (unpaired) electrons. The lowest BCUT2D eigenvalue weighted by Crippen LogP contribution is -2.28. The third-order valence-electron chi connectivity index (χ3n) is 4.33. The summed E-state index contributed by atoms with van der Waals surface area (Å²) in [6.45, 7) is 10.7. The van der Waals surface area contributed by atoms with Crippen molar-refractivity contribution in [2.24, 2.45) is 5.92 Å². The third kappa shape index (κ3) is 4.08. The van der Waals surface area contributed by atoms with E-state index in [9.17, 15) is 0 Å². The van der Waals surface area contributed by atoms with Crippen molar-refractivity contribution < 1.29 is 0 Å². The molecule has 0 amide bonds. The molecule has 7 heteroatoms. The van der Waals surface area contributed by atoms with Gasteiger partial charge in [0.1, 0.15) is 5.82 Å². The minimum Gasteiger partial charge on any atom is -0.347 e.